The minimum Gasteiger partial charge on any atom is -0.356 e. The Balaban J connectivity index is 0.00000338. The first-order valence-electron chi connectivity index (χ1n) is 8.76. The molecule has 0 unspecified atom stereocenters. The van der Waals surface area contributed by atoms with Gasteiger partial charge in [-0.2, -0.15) is 0 Å². The summed E-state index contributed by atoms with van der Waals surface area (Å²) in [5.74, 6) is 0.803. The second-order valence-electron chi connectivity index (χ2n) is 6.22. The number of hydrogen-bond acceptors (Lipinski definition) is 2. The molecule has 2 aromatic rings. The molecule has 1 aromatic carbocycles. The summed E-state index contributed by atoms with van der Waals surface area (Å²) in [7, 11) is 1.78. The van der Waals surface area contributed by atoms with Crippen molar-refractivity contribution < 1.29 is 0 Å². The molecule has 1 aromatic heterocycles. The summed E-state index contributed by atoms with van der Waals surface area (Å²) < 4.78 is 1.74. The van der Waals surface area contributed by atoms with Gasteiger partial charge in [-0.1, -0.05) is 29.8 Å². The van der Waals surface area contributed by atoms with E-state index in [0.29, 0.717) is 0 Å². The number of halogens is 1. The van der Waals surface area contributed by atoms with Gasteiger partial charge in [-0.05, 0) is 43.9 Å². The lowest BCUT2D eigenvalue weighted by Gasteiger charge is -2.13. The molecule has 0 saturated heterocycles. The molecular formula is C20H29IN4O. The van der Waals surface area contributed by atoms with Crippen LogP contribution in [0.25, 0.3) is 0 Å². The van der Waals surface area contributed by atoms with Crippen LogP contribution in [0.5, 0.6) is 0 Å². The van der Waals surface area contributed by atoms with Crippen LogP contribution in [0.4, 0.5) is 0 Å². The molecule has 0 spiro atoms. The van der Waals surface area contributed by atoms with Crippen molar-refractivity contribution >= 4 is 29.9 Å². The van der Waals surface area contributed by atoms with E-state index < -0.39 is 0 Å². The van der Waals surface area contributed by atoms with E-state index in [-0.39, 0.29) is 29.5 Å². The SMILES string of the molecule is CN=C(NCCCCn1ccccc1=O)NCc1ccc(C)cc1C.I. The van der Waals surface area contributed by atoms with Gasteiger partial charge in [0.2, 0.25) is 5.56 Å². The minimum atomic E-state index is 0. The lowest BCUT2D eigenvalue weighted by atomic mass is 10.1. The van der Waals surface area contributed by atoms with Crippen molar-refractivity contribution in [3.63, 3.8) is 0 Å². The highest BCUT2D eigenvalue weighted by Gasteiger charge is 2.01. The summed E-state index contributed by atoms with van der Waals surface area (Å²) in [6.45, 7) is 6.56. The summed E-state index contributed by atoms with van der Waals surface area (Å²) in [6.07, 6.45) is 3.76. The molecule has 0 aliphatic heterocycles. The predicted octanol–water partition coefficient (Wildman–Crippen LogP) is 3.23. The van der Waals surface area contributed by atoms with Gasteiger partial charge >= 0.3 is 0 Å². The molecule has 0 bridgehead atoms. The van der Waals surface area contributed by atoms with E-state index in [1.54, 1.807) is 23.7 Å². The Kier molecular flexibility index (Phi) is 10.0. The molecule has 6 heteroatoms. The molecule has 0 amide bonds. The Morgan fingerprint density at radius 1 is 1.12 bits per heavy atom. The topological polar surface area (TPSA) is 58.4 Å². The van der Waals surface area contributed by atoms with Gasteiger partial charge in [0, 0.05) is 38.9 Å². The number of nitrogens with zero attached hydrogens (tertiary/aromatic N) is 2. The fourth-order valence-electron chi connectivity index (χ4n) is 2.70. The van der Waals surface area contributed by atoms with Crippen molar-refractivity contribution in [3.8, 4) is 0 Å². The second-order valence-corrected chi connectivity index (χ2v) is 6.22. The maximum absolute atomic E-state index is 11.6. The van der Waals surface area contributed by atoms with Crippen LogP contribution in [0.2, 0.25) is 0 Å². The van der Waals surface area contributed by atoms with Gasteiger partial charge in [0.25, 0.3) is 0 Å². The highest BCUT2D eigenvalue weighted by atomic mass is 127. The van der Waals surface area contributed by atoms with Gasteiger partial charge < -0.3 is 15.2 Å². The smallest absolute Gasteiger partial charge is 0.250 e. The predicted molar refractivity (Wildman–Crippen MR) is 119 cm³/mol. The summed E-state index contributed by atoms with van der Waals surface area (Å²) in [5, 5.41) is 6.67. The summed E-state index contributed by atoms with van der Waals surface area (Å²) in [5.41, 5.74) is 3.90. The number of unbranched alkanes of at least 4 members (excludes halogenated alkanes) is 1. The normalized spacial score (nSPS) is 11.0. The second kappa shape index (κ2) is 11.7. The average Bonchev–Trinajstić information content (AvgIpc) is 2.60. The van der Waals surface area contributed by atoms with Crippen molar-refractivity contribution in [1.82, 2.24) is 15.2 Å². The van der Waals surface area contributed by atoms with Crippen LogP contribution in [0.15, 0.2) is 52.4 Å². The van der Waals surface area contributed by atoms with Gasteiger partial charge in [0.05, 0.1) is 0 Å². The number of aryl methyl sites for hydroxylation is 3. The van der Waals surface area contributed by atoms with Crippen LogP contribution < -0.4 is 16.2 Å². The van der Waals surface area contributed by atoms with Crippen LogP contribution in [0.1, 0.15) is 29.5 Å². The summed E-state index contributed by atoms with van der Waals surface area (Å²) in [6, 6.07) is 11.7. The van der Waals surface area contributed by atoms with Crippen molar-refractivity contribution in [2.24, 2.45) is 4.99 Å². The van der Waals surface area contributed by atoms with E-state index in [1.165, 1.54) is 16.7 Å². The zero-order chi connectivity index (χ0) is 18.1. The van der Waals surface area contributed by atoms with E-state index in [4.69, 9.17) is 0 Å². The van der Waals surface area contributed by atoms with Crippen molar-refractivity contribution in [2.75, 3.05) is 13.6 Å². The molecule has 0 aliphatic rings. The molecule has 2 N–H and O–H groups in total. The van der Waals surface area contributed by atoms with Crippen LogP contribution in [-0.4, -0.2) is 24.1 Å². The minimum absolute atomic E-state index is 0. The van der Waals surface area contributed by atoms with E-state index in [1.807, 2.05) is 12.3 Å². The zero-order valence-electron chi connectivity index (χ0n) is 15.8. The Bertz CT molecular complexity index is 770. The van der Waals surface area contributed by atoms with Crippen molar-refractivity contribution in [2.45, 2.75) is 39.8 Å². The third-order valence-corrected chi connectivity index (χ3v) is 4.19. The Labute approximate surface area is 173 Å². The van der Waals surface area contributed by atoms with Crippen LogP contribution >= 0.6 is 24.0 Å². The number of nitrogens with one attached hydrogen (secondary N) is 2. The van der Waals surface area contributed by atoms with Gasteiger partial charge in [-0.3, -0.25) is 9.79 Å². The maximum Gasteiger partial charge on any atom is 0.250 e. The van der Waals surface area contributed by atoms with Crippen LogP contribution in [-0.2, 0) is 13.1 Å². The molecule has 26 heavy (non-hydrogen) atoms. The number of aliphatic imine (C=N–C) groups is 1. The zero-order valence-corrected chi connectivity index (χ0v) is 18.1. The third kappa shape index (κ3) is 7.19. The molecule has 0 atom stereocenters. The van der Waals surface area contributed by atoms with Crippen LogP contribution in [0, 0.1) is 13.8 Å². The summed E-state index contributed by atoms with van der Waals surface area (Å²) >= 11 is 0. The summed E-state index contributed by atoms with van der Waals surface area (Å²) in [4.78, 5) is 15.9. The van der Waals surface area contributed by atoms with E-state index in [9.17, 15) is 4.79 Å². The highest BCUT2D eigenvalue weighted by Crippen LogP contribution is 2.09. The van der Waals surface area contributed by atoms with Crippen molar-refractivity contribution in [3.05, 3.63) is 69.6 Å². The largest absolute Gasteiger partial charge is 0.356 e. The Morgan fingerprint density at radius 3 is 2.62 bits per heavy atom. The third-order valence-electron chi connectivity index (χ3n) is 4.19. The molecule has 0 radical (unpaired) electrons. The molecule has 2 rings (SSSR count). The first kappa shape index (κ1) is 22.2. The number of pyridine rings is 1. The highest BCUT2D eigenvalue weighted by molar-refractivity contribution is 14.0. The molecule has 142 valence electrons. The number of benzene rings is 1. The molecular weight excluding hydrogens is 439 g/mol. The quantitative estimate of drug-likeness (QED) is 0.284. The lowest BCUT2D eigenvalue weighted by molar-refractivity contribution is 0.585. The van der Waals surface area contributed by atoms with E-state index >= 15 is 0 Å². The van der Waals surface area contributed by atoms with Crippen molar-refractivity contribution in [1.29, 1.82) is 0 Å². The van der Waals surface area contributed by atoms with Crippen LogP contribution in [0.3, 0.4) is 0 Å². The number of hydrogen-bond donors (Lipinski definition) is 2. The van der Waals surface area contributed by atoms with Gasteiger partial charge in [-0.25, -0.2) is 0 Å². The molecule has 0 fully saturated rings. The maximum atomic E-state index is 11.6. The fourth-order valence-corrected chi connectivity index (χ4v) is 2.70. The molecule has 1 heterocycles. The van der Waals surface area contributed by atoms with Gasteiger partial charge in [0.15, 0.2) is 5.96 Å². The lowest BCUT2D eigenvalue weighted by Crippen LogP contribution is -2.37. The van der Waals surface area contributed by atoms with E-state index in [0.717, 1.165) is 38.4 Å². The van der Waals surface area contributed by atoms with E-state index in [2.05, 4.69) is 47.7 Å². The first-order valence-corrected chi connectivity index (χ1v) is 8.76. The van der Waals surface area contributed by atoms with Gasteiger partial charge in [0.1, 0.15) is 0 Å². The standard InChI is InChI=1S/C20H28N4O.HI/c1-16-9-10-18(17(2)14-16)15-23-20(21-3)22-11-5-7-13-24-12-6-4-8-19(24)25;/h4,6,8-10,12,14H,5,7,11,13,15H2,1-3H3,(H2,21,22,23);1H. The van der Waals surface area contributed by atoms with Gasteiger partial charge in [-0.15, -0.1) is 24.0 Å². The Morgan fingerprint density at radius 2 is 1.92 bits per heavy atom. The number of guanidine groups is 1. The monoisotopic (exact) mass is 468 g/mol. The first-order chi connectivity index (χ1) is 12.1. The number of rotatable bonds is 7. The fraction of sp³-hybridized carbons (Fsp3) is 0.400. The number of aromatic nitrogens is 1. The Hall–Kier alpha value is -1.83. The molecule has 5 nitrogen and oxygen atoms in total. The molecule has 0 aliphatic carbocycles. The molecule has 0 saturated carbocycles. The average molecular weight is 468 g/mol.